The van der Waals surface area contributed by atoms with Crippen LogP contribution in [0.5, 0.6) is 5.75 Å². The lowest BCUT2D eigenvalue weighted by atomic mass is 10.1. The number of nitrogens with zero attached hydrogens (tertiary/aromatic N) is 4. The lowest BCUT2D eigenvalue weighted by Crippen LogP contribution is -2.14. The first-order valence-corrected chi connectivity index (χ1v) is 10.3. The number of methoxy groups -OCH3 is 1. The topological polar surface area (TPSA) is 94.0 Å². The van der Waals surface area contributed by atoms with Crippen molar-refractivity contribution >= 4 is 28.9 Å². The van der Waals surface area contributed by atoms with Crippen LogP contribution in [0.15, 0.2) is 73.1 Å². The third kappa shape index (κ3) is 4.70. The lowest BCUT2D eigenvalue weighted by molar-refractivity contribution is 0.102. The van der Waals surface area contributed by atoms with E-state index in [1.165, 1.54) is 29.7 Å². The molecule has 2 N–H and O–H groups in total. The number of benzene rings is 3. The minimum absolute atomic E-state index is 0.154. The standard InChI is InChI=1S/C23H21ClN6O2/c1-15(16-6-4-3-5-7-16)26-17-8-10-18(11-9-17)27-23(31)19-12-20(24)21(13-22(19)32-2)30-14-25-28-29-30/h3-15,26H,1-2H3,(H,27,31). The number of anilines is 2. The van der Waals surface area contributed by atoms with Crippen LogP contribution in [0.1, 0.15) is 28.9 Å². The van der Waals surface area contributed by atoms with Gasteiger partial charge in [-0.1, -0.05) is 41.9 Å². The summed E-state index contributed by atoms with van der Waals surface area (Å²) in [5.74, 6) is 0.0118. The third-order valence-electron chi connectivity index (χ3n) is 4.93. The number of nitrogens with one attached hydrogen (secondary N) is 2. The van der Waals surface area contributed by atoms with Crippen molar-refractivity contribution in [1.82, 2.24) is 20.2 Å². The van der Waals surface area contributed by atoms with E-state index in [-0.39, 0.29) is 11.9 Å². The van der Waals surface area contributed by atoms with Gasteiger partial charge in [-0.05, 0) is 53.2 Å². The van der Waals surface area contributed by atoms with Crippen molar-refractivity contribution in [3.05, 3.63) is 89.2 Å². The van der Waals surface area contributed by atoms with Crippen LogP contribution in [0.3, 0.4) is 0 Å². The molecule has 0 aliphatic rings. The van der Waals surface area contributed by atoms with Crippen molar-refractivity contribution in [3.63, 3.8) is 0 Å². The van der Waals surface area contributed by atoms with Gasteiger partial charge in [-0.15, -0.1) is 5.10 Å². The van der Waals surface area contributed by atoms with Crippen molar-refractivity contribution in [3.8, 4) is 11.4 Å². The highest BCUT2D eigenvalue weighted by molar-refractivity contribution is 6.33. The molecule has 4 rings (SSSR count). The van der Waals surface area contributed by atoms with Gasteiger partial charge in [0.15, 0.2) is 0 Å². The zero-order valence-electron chi connectivity index (χ0n) is 17.5. The van der Waals surface area contributed by atoms with Crippen LogP contribution in [0.2, 0.25) is 5.02 Å². The summed E-state index contributed by atoms with van der Waals surface area (Å²) in [6, 6.07) is 21.0. The van der Waals surface area contributed by atoms with Gasteiger partial charge in [0.1, 0.15) is 12.1 Å². The Morgan fingerprint density at radius 3 is 2.44 bits per heavy atom. The number of carbonyl (C=O) groups excluding carboxylic acids is 1. The van der Waals surface area contributed by atoms with Crippen molar-refractivity contribution in [2.24, 2.45) is 0 Å². The second-order valence-electron chi connectivity index (χ2n) is 7.07. The molecule has 1 unspecified atom stereocenters. The summed E-state index contributed by atoms with van der Waals surface area (Å²) in [4.78, 5) is 12.9. The highest BCUT2D eigenvalue weighted by atomic mass is 35.5. The molecule has 1 amide bonds. The zero-order chi connectivity index (χ0) is 22.5. The van der Waals surface area contributed by atoms with Crippen LogP contribution in [-0.2, 0) is 0 Å². The van der Waals surface area contributed by atoms with E-state index in [1.807, 2.05) is 42.5 Å². The molecule has 3 aromatic carbocycles. The highest BCUT2D eigenvalue weighted by Crippen LogP contribution is 2.30. The quantitative estimate of drug-likeness (QED) is 0.423. The van der Waals surface area contributed by atoms with E-state index in [2.05, 4.69) is 45.2 Å². The molecule has 0 spiro atoms. The maximum Gasteiger partial charge on any atom is 0.259 e. The Bertz CT molecular complexity index is 1200. The Kier molecular flexibility index (Phi) is 6.32. The Labute approximate surface area is 190 Å². The van der Waals surface area contributed by atoms with Crippen LogP contribution in [-0.4, -0.2) is 33.2 Å². The van der Waals surface area contributed by atoms with Crippen molar-refractivity contribution in [2.75, 3.05) is 17.7 Å². The molecule has 0 fully saturated rings. The smallest absolute Gasteiger partial charge is 0.259 e. The maximum absolute atomic E-state index is 12.9. The molecule has 9 heteroatoms. The molecule has 0 saturated heterocycles. The molecule has 8 nitrogen and oxygen atoms in total. The minimum Gasteiger partial charge on any atom is -0.496 e. The number of hydrogen-bond acceptors (Lipinski definition) is 6. The summed E-state index contributed by atoms with van der Waals surface area (Å²) in [6.45, 7) is 2.10. The largest absolute Gasteiger partial charge is 0.496 e. The molecule has 162 valence electrons. The number of halogens is 1. The van der Waals surface area contributed by atoms with Gasteiger partial charge < -0.3 is 15.4 Å². The molecule has 0 aliphatic carbocycles. The molecule has 32 heavy (non-hydrogen) atoms. The first-order valence-electron chi connectivity index (χ1n) is 9.89. The predicted molar refractivity (Wildman–Crippen MR) is 124 cm³/mol. The van der Waals surface area contributed by atoms with Gasteiger partial charge in [-0.3, -0.25) is 4.79 Å². The Morgan fingerprint density at radius 2 is 1.78 bits per heavy atom. The van der Waals surface area contributed by atoms with E-state index in [1.54, 1.807) is 6.07 Å². The van der Waals surface area contributed by atoms with Crippen LogP contribution < -0.4 is 15.4 Å². The zero-order valence-corrected chi connectivity index (χ0v) is 18.2. The second kappa shape index (κ2) is 9.49. The molecule has 4 aromatic rings. The molecule has 0 radical (unpaired) electrons. The van der Waals surface area contributed by atoms with Crippen LogP contribution >= 0.6 is 11.6 Å². The Morgan fingerprint density at radius 1 is 1.06 bits per heavy atom. The predicted octanol–water partition coefficient (Wildman–Crippen LogP) is 4.75. The van der Waals surface area contributed by atoms with Gasteiger partial charge in [0.2, 0.25) is 0 Å². The SMILES string of the molecule is COc1cc(-n2cnnn2)c(Cl)cc1C(=O)Nc1ccc(NC(C)c2ccccc2)cc1. The first kappa shape index (κ1) is 21.3. The van der Waals surface area contributed by atoms with Gasteiger partial charge in [0.25, 0.3) is 5.91 Å². The van der Waals surface area contributed by atoms with Crippen LogP contribution in [0.25, 0.3) is 5.69 Å². The molecule has 0 aliphatic heterocycles. The van der Waals surface area contributed by atoms with Crippen LogP contribution in [0.4, 0.5) is 11.4 Å². The van der Waals surface area contributed by atoms with Gasteiger partial charge in [0.05, 0.1) is 23.4 Å². The van der Waals surface area contributed by atoms with Gasteiger partial charge in [-0.25, -0.2) is 0 Å². The van der Waals surface area contributed by atoms with E-state index >= 15 is 0 Å². The number of tetrazole rings is 1. The Hall–Kier alpha value is -3.91. The summed E-state index contributed by atoms with van der Waals surface area (Å²) in [6.07, 6.45) is 1.41. The van der Waals surface area contributed by atoms with Gasteiger partial charge in [0, 0.05) is 23.5 Å². The second-order valence-corrected chi connectivity index (χ2v) is 7.47. The van der Waals surface area contributed by atoms with Crippen molar-refractivity contribution < 1.29 is 9.53 Å². The summed E-state index contributed by atoms with van der Waals surface area (Å²) in [5, 5.41) is 17.7. The molecule has 1 heterocycles. The molecular formula is C23H21ClN6O2. The van der Waals surface area contributed by atoms with Crippen molar-refractivity contribution in [2.45, 2.75) is 13.0 Å². The number of carbonyl (C=O) groups is 1. The fraction of sp³-hybridized carbons (Fsp3) is 0.130. The monoisotopic (exact) mass is 448 g/mol. The highest BCUT2D eigenvalue weighted by Gasteiger charge is 2.18. The van der Waals surface area contributed by atoms with Crippen molar-refractivity contribution in [1.29, 1.82) is 0 Å². The van der Waals surface area contributed by atoms with E-state index in [0.717, 1.165) is 5.69 Å². The molecule has 1 aromatic heterocycles. The average molecular weight is 449 g/mol. The number of ether oxygens (including phenoxy) is 1. The first-order chi connectivity index (χ1) is 15.5. The number of rotatable bonds is 7. The summed E-state index contributed by atoms with van der Waals surface area (Å²) in [7, 11) is 1.48. The third-order valence-corrected chi connectivity index (χ3v) is 5.24. The summed E-state index contributed by atoms with van der Waals surface area (Å²) in [5.41, 5.74) is 3.60. The molecule has 1 atom stereocenters. The number of amides is 1. The summed E-state index contributed by atoms with van der Waals surface area (Å²) < 4.78 is 6.79. The van der Waals surface area contributed by atoms with Gasteiger partial charge >= 0.3 is 0 Å². The van der Waals surface area contributed by atoms with E-state index in [0.29, 0.717) is 27.7 Å². The van der Waals surface area contributed by atoms with Gasteiger partial charge in [-0.2, -0.15) is 4.68 Å². The number of hydrogen-bond donors (Lipinski definition) is 2. The molecule has 0 bridgehead atoms. The lowest BCUT2D eigenvalue weighted by Gasteiger charge is -2.16. The molecule has 0 saturated carbocycles. The fourth-order valence-electron chi connectivity index (χ4n) is 3.26. The average Bonchev–Trinajstić information content (AvgIpc) is 3.35. The number of aromatic nitrogens is 4. The van der Waals surface area contributed by atoms with Crippen LogP contribution in [0, 0.1) is 0 Å². The minimum atomic E-state index is -0.342. The molecular weight excluding hydrogens is 428 g/mol. The fourth-order valence-corrected chi connectivity index (χ4v) is 3.51. The Balaban J connectivity index is 1.47. The van der Waals surface area contributed by atoms with E-state index in [9.17, 15) is 4.79 Å². The van der Waals surface area contributed by atoms with E-state index in [4.69, 9.17) is 16.3 Å². The maximum atomic E-state index is 12.9. The van der Waals surface area contributed by atoms with E-state index < -0.39 is 0 Å². The summed E-state index contributed by atoms with van der Waals surface area (Å²) >= 11 is 6.36. The normalized spacial score (nSPS) is 11.6.